The number of aryl methyl sites for hydroxylation is 1. The molecular formula is C20H16Cl2N4O. The molecule has 0 atom stereocenters. The first-order valence-corrected chi connectivity index (χ1v) is 9.11. The zero-order valence-corrected chi connectivity index (χ0v) is 16.0. The molecule has 4 aromatic rings. The van der Waals surface area contributed by atoms with E-state index >= 15 is 0 Å². The molecule has 0 saturated heterocycles. The van der Waals surface area contributed by atoms with E-state index in [1.165, 1.54) is 0 Å². The Balaban J connectivity index is 1.53. The number of oxazole rings is 1. The quantitative estimate of drug-likeness (QED) is 0.464. The van der Waals surface area contributed by atoms with Gasteiger partial charge in [0.1, 0.15) is 12.1 Å². The fraction of sp³-hybridized carbons (Fsp3) is 0.100. The lowest BCUT2D eigenvalue weighted by molar-refractivity contribution is 0.573. The van der Waals surface area contributed by atoms with Gasteiger partial charge in [-0.25, -0.2) is 9.67 Å². The van der Waals surface area contributed by atoms with Crippen LogP contribution in [0.15, 0.2) is 65.3 Å². The van der Waals surface area contributed by atoms with Gasteiger partial charge in [0.2, 0.25) is 5.89 Å². The highest BCUT2D eigenvalue weighted by Crippen LogP contribution is 2.30. The van der Waals surface area contributed by atoms with E-state index in [2.05, 4.69) is 15.4 Å². The fourth-order valence-corrected chi connectivity index (χ4v) is 3.24. The number of nitrogens with one attached hydrogen (secondary N) is 1. The maximum Gasteiger partial charge on any atom is 0.227 e. The van der Waals surface area contributed by atoms with Gasteiger partial charge >= 0.3 is 0 Å². The minimum absolute atomic E-state index is 0.459. The highest BCUT2D eigenvalue weighted by atomic mass is 35.5. The fourth-order valence-electron chi connectivity index (χ4n) is 2.75. The molecule has 0 aliphatic heterocycles. The Kier molecular flexibility index (Phi) is 4.88. The summed E-state index contributed by atoms with van der Waals surface area (Å²) in [7, 11) is 0. The summed E-state index contributed by atoms with van der Waals surface area (Å²) in [5.41, 5.74) is 3.38. The number of rotatable bonds is 5. The van der Waals surface area contributed by atoms with Crippen molar-refractivity contribution in [3.63, 3.8) is 0 Å². The molecule has 27 heavy (non-hydrogen) atoms. The lowest BCUT2D eigenvalue weighted by Crippen LogP contribution is -2.06. The van der Waals surface area contributed by atoms with Crippen LogP contribution in [0.3, 0.4) is 0 Å². The van der Waals surface area contributed by atoms with E-state index in [0.29, 0.717) is 28.0 Å². The Bertz CT molecular complexity index is 1070. The summed E-state index contributed by atoms with van der Waals surface area (Å²) < 4.78 is 7.45. The minimum Gasteiger partial charge on any atom is -0.444 e. The monoisotopic (exact) mass is 398 g/mol. The second kappa shape index (κ2) is 7.47. The van der Waals surface area contributed by atoms with E-state index in [9.17, 15) is 0 Å². The third kappa shape index (κ3) is 3.84. The number of halogens is 2. The van der Waals surface area contributed by atoms with Crippen molar-refractivity contribution in [2.45, 2.75) is 13.5 Å². The molecule has 0 spiro atoms. The van der Waals surface area contributed by atoms with Gasteiger partial charge in [-0.1, -0.05) is 41.4 Å². The van der Waals surface area contributed by atoms with Crippen molar-refractivity contribution in [1.29, 1.82) is 0 Å². The third-order valence-corrected chi connectivity index (χ3v) is 4.54. The molecule has 0 unspecified atom stereocenters. The molecule has 2 aromatic carbocycles. The van der Waals surface area contributed by atoms with Crippen molar-refractivity contribution in [2.24, 2.45) is 0 Å². The summed E-state index contributed by atoms with van der Waals surface area (Å²) >= 11 is 12.2. The highest BCUT2D eigenvalue weighted by molar-refractivity contribution is 6.36. The van der Waals surface area contributed by atoms with E-state index < -0.39 is 0 Å². The minimum atomic E-state index is 0.459. The number of anilines is 1. The standard InChI is InChI=1S/C20H16Cl2N4O/c1-13-9-19(26(25-13)16-5-3-2-4-6-16)23-11-15-12-27-20(24-15)17-8-7-14(21)10-18(17)22/h2-10,12,23H,11H2,1H3. The maximum absolute atomic E-state index is 6.23. The van der Waals surface area contributed by atoms with Crippen molar-refractivity contribution in [2.75, 3.05) is 5.32 Å². The van der Waals surface area contributed by atoms with Crippen LogP contribution in [0.1, 0.15) is 11.4 Å². The van der Waals surface area contributed by atoms with Gasteiger partial charge in [-0.05, 0) is 37.3 Å². The molecule has 0 amide bonds. The zero-order chi connectivity index (χ0) is 18.8. The Labute approximate surface area is 166 Å². The van der Waals surface area contributed by atoms with Crippen molar-refractivity contribution < 1.29 is 4.42 Å². The van der Waals surface area contributed by atoms with Crippen molar-refractivity contribution in [1.82, 2.24) is 14.8 Å². The van der Waals surface area contributed by atoms with Crippen LogP contribution in [0, 0.1) is 6.92 Å². The summed E-state index contributed by atoms with van der Waals surface area (Å²) in [6.45, 7) is 2.45. The molecule has 2 aromatic heterocycles. The number of hydrogen-bond acceptors (Lipinski definition) is 4. The first-order chi connectivity index (χ1) is 13.1. The smallest absolute Gasteiger partial charge is 0.227 e. The van der Waals surface area contributed by atoms with Crippen LogP contribution >= 0.6 is 23.2 Å². The van der Waals surface area contributed by atoms with Crippen LogP contribution in [0.25, 0.3) is 17.1 Å². The number of benzene rings is 2. The molecule has 0 aliphatic rings. The summed E-state index contributed by atoms with van der Waals surface area (Å²) in [5, 5.41) is 8.98. The lowest BCUT2D eigenvalue weighted by atomic mass is 10.2. The number of para-hydroxylation sites is 1. The van der Waals surface area contributed by atoms with Crippen LogP contribution in [0.2, 0.25) is 10.0 Å². The van der Waals surface area contributed by atoms with Crippen molar-refractivity contribution in [3.05, 3.63) is 82.3 Å². The lowest BCUT2D eigenvalue weighted by Gasteiger charge is -2.08. The first-order valence-electron chi connectivity index (χ1n) is 8.36. The summed E-state index contributed by atoms with van der Waals surface area (Å²) in [6, 6.07) is 17.2. The van der Waals surface area contributed by atoms with Crippen LogP contribution in [-0.4, -0.2) is 14.8 Å². The number of hydrogen-bond donors (Lipinski definition) is 1. The largest absolute Gasteiger partial charge is 0.444 e. The van der Waals surface area contributed by atoms with Gasteiger partial charge in [-0.15, -0.1) is 0 Å². The van der Waals surface area contributed by atoms with E-state index in [-0.39, 0.29) is 0 Å². The van der Waals surface area contributed by atoms with Gasteiger partial charge in [-0.2, -0.15) is 5.10 Å². The summed E-state index contributed by atoms with van der Waals surface area (Å²) in [4.78, 5) is 4.51. The second-order valence-electron chi connectivity index (χ2n) is 6.04. The van der Waals surface area contributed by atoms with Crippen LogP contribution in [0.4, 0.5) is 5.82 Å². The van der Waals surface area contributed by atoms with E-state index in [1.807, 2.05) is 48.0 Å². The third-order valence-electron chi connectivity index (χ3n) is 4.00. The first kappa shape index (κ1) is 17.6. The average molecular weight is 399 g/mol. The molecule has 0 fully saturated rings. The zero-order valence-electron chi connectivity index (χ0n) is 14.5. The molecule has 2 heterocycles. The SMILES string of the molecule is Cc1cc(NCc2coc(-c3ccc(Cl)cc3Cl)n2)n(-c2ccccc2)n1. The Morgan fingerprint density at radius 2 is 1.89 bits per heavy atom. The molecule has 7 heteroatoms. The second-order valence-corrected chi connectivity index (χ2v) is 6.88. The molecule has 136 valence electrons. The number of nitrogens with zero attached hydrogens (tertiary/aromatic N) is 3. The molecule has 0 aliphatic carbocycles. The van der Waals surface area contributed by atoms with Gasteiger partial charge in [0.25, 0.3) is 0 Å². The molecule has 0 bridgehead atoms. The predicted molar refractivity (Wildman–Crippen MR) is 108 cm³/mol. The van der Waals surface area contributed by atoms with Crippen molar-refractivity contribution >= 4 is 29.0 Å². The van der Waals surface area contributed by atoms with Gasteiger partial charge in [0, 0.05) is 11.1 Å². The van der Waals surface area contributed by atoms with Crippen LogP contribution in [-0.2, 0) is 6.54 Å². The Hall–Kier alpha value is -2.76. The van der Waals surface area contributed by atoms with E-state index in [0.717, 1.165) is 22.9 Å². The van der Waals surface area contributed by atoms with Gasteiger partial charge in [0.05, 0.1) is 34.2 Å². The van der Waals surface area contributed by atoms with Gasteiger partial charge < -0.3 is 9.73 Å². The Morgan fingerprint density at radius 3 is 2.67 bits per heavy atom. The summed E-state index contributed by atoms with van der Waals surface area (Å²) in [6.07, 6.45) is 1.61. The van der Waals surface area contributed by atoms with Crippen LogP contribution in [0.5, 0.6) is 0 Å². The normalized spacial score (nSPS) is 10.9. The molecule has 0 saturated carbocycles. The molecule has 4 rings (SSSR count). The molecule has 1 N–H and O–H groups in total. The molecule has 0 radical (unpaired) electrons. The molecular weight excluding hydrogens is 383 g/mol. The maximum atomic E-state index is 6.23. The van der Waals surface area contributed by atoms with Gasteiger partial charge in [0.15, 0.2) is 0 Å². The van der Waals surface area contributed by atoms with E-state index in [1.54, 1.807) is 24.5 Å². The average Bonchev–Trinajstić information content (AvgIpc) is 3.27. The molecule has 5 nitrogen and oxygen atoms in total. The predicted octanol–water partition coefficient (Wildman–Crippen LogP) is 5.75. The van der Waals surface area contributed by atoms with Crippen molar-refractivity contribution in [3.8, 4) is 17.1 Å². The highest BCUT2D eigenvalue weighted by Gasteiger charge is 2.12. The topological polar surface area (TPSA) is 55.9 Å². The summed E-state index contributed by atoms with van der Waals surface area (Å²) in [5.74, 6) is 1.34. The Morgan fingerprint density at radius 1 is 1.07 bits per heavy atom. The van der Waals surface area contributed by atoms with Gasteiger partial charge in [-0.3, -0.25) is 0 Å². The van der Waals surface area contributed by atoms with Crippen LogP contribution < -0.4 is 5.32 Å². The number of aromatic nitrogens is 3. The van der Waals surface area contributed by atoms with E-state index in [4.69, 9.17) is 27.6 Å².